The molecule has 150 valence electrons. The third kappa shape index (κ3) is 5.00. The van der Waals surface area contributed by atoms with Crippen molar-refractivity contribution < 1.29 is 18.0 Å². The number of amides is 1. The molecular weight excluding hydrogens is 391 g/mol. The predicted molar refractivity (Wildman–Crippen MR) is 102 cm³/mol. The molecule has 1 aromatic carbocycles. The van der Waals surface area contributed by atoms with Gasteiger partial charge in [-0.2, -0.15) is 13.2 Å². The van der Waals surface area contributed by atoms with Gasteiger partial charge in [0.2, 0.25) is 5.91 Å². The number of hydrogen-bond acceptors (Lipinski definition) is 4. The molecule has 1 aliphatic heterocycles. The summed E-state index contributed by atoms with van der Waals surface area (Å²) in [6.45, 7) is 1.38. The monoisotopic (exact) mass is 411 g/mol. The van der Waals surface area contributed by atoms with Crippen molar-refractivity contribution in [3.63, 3.8) is 0 Å². The Morgan fingerprint density at radius 2 is 1.96 bits per heavy atom. The number of anilines is 1. The Morgan fingerprint density at radius 3 is 2.54 bits per heavy atom. The van der Waals surface area contributed by atoms with Crippen LogP contribution >= 0.6 is 11.3 Å². The Hall–Kier alpha value is -2.62. The molecule has 1 saturated heterocycles. The van der Waals surface area contributed by atoms with Crippen LogP contribution in [0.3, 0.4) is 0 Å². The normalized spacial score (nSPS) is 15.2. The van der Waals surface area contributed by atoms with E-state index in [2.05, 4.69) is 20.6 Å². The minimum Gasteiger partial charge on any atom is -0.352 e. The van der Waals surface area contributed by atoms with Crippen LogP contribution in [0.1, 0.15) is 29.1 Å². The molecule has 0 atom stereocenters. The van der Waals surface area contributed by atoms with Crippen LogP contribution in [-0.4, -0.2) is 30.4 Å². The van der Waals surface area contributed by atoms with Gasteiger partial charge in [-0.15, -0.1) is 11.3 Å². The lowest BCUT2D eigenvalue weighted by molar-refractivity contribution is -0.140. The number of hydrogen-bond donors (Lipinski definition) is 2. The number of aromatic nitrogens is 1. The van der Waals surface area contributed by atoms with Crippen molar-refractivity contribution >= 4 is 28.9 Å². The molecule has 1 amide bonds. The number of carbonyl (C=O) groups excluding carboxylic acids is 1. The van der Waals surface area contributed by atoms with E-state index in [0.717, 1.165) is 40.9 Å². The van der Waals surface area contributed by atoms with Crippen molar-refractivity contribution in [2.24, 2.45) is 4.99 Å². The highest BCUT2D eigenvalue weighted by Gasteiger charge is 2.33. The molecule has 2 aromatic rings. The first-order valence-electron chi connectivity index (χ1n) is 8.72. The number of guanidine groups is 1. The van der Waals surface area contributed by atoms with Gasteiger partial charge in [0.05, 0.1) is 6.54 Å². The van der Waals surface area contributed by atoms with Gasteiger partial charge in [-0.25, -0.2) is 4.98 Å². The molecule has 28 heavy (non-hydrogen) atoms. The third-order valence-electron chi connectivity index (χ3n) is 4.25. The van der Waals surface area contributed by atoms with Crippen LogP contribution in [0.15, 0.2) is 34.6 Å². The molecule has 0 bridgehead atoms. The summed E-state index contributed by atoms with van der Waals surface area (Å²) in [5.74, 6) is 0.605. The zero-order valence-corrected chi connectivity index (χ0v) is 16.0. The van der Waals surface area contributed by atoms with Crippen LogP contribution in [0.4, 0.5) is 18.9 Å². The van der Waals surface area contributed by atoms with Gasteiger partial charge in [0.25, 0.3) is 0 Å². The lowest BCUT2D eigenvalue weighted by atomic mass is 10.2. The second kappa shape index (κ2) is 8.59. The van der Waals surface area contributed by atoms with E-state index in [1.807, 2.05) is 24.3 Å². The molecule has 2 heterocycles. The molecule has 3 rings (SSSR count). The van der Waals surface area contributed by atoms with E-state index < -0.39 is 11.9 Å². The van der Waals surface area contributed by atoms with Crippen molar-refractivity contribution in [1.29, 1.82) is 0 Å². The molecule has 10 heteroatoms. The van der Waals surface area contributed by atoms with Gasteiger partial charge < -0.3 is 15.5 Å². The number of aliphatic imine (C=N–C) groups is 1. The number of halogens is 3. The summed E-state index contributed by atoms with van der Waals surface area (Å²) in [6, 6.07) is 7.67. The molecule has 6 nitrogen and oxygen atoms in total. The molecule has 1 fully saturated rings. The first-order valence-corrected chi connectivity index (χ1v) is 9.60. The summed E-state index contributed by atoms with van der Waals surface area (Å²) in [6.07, 6.45) is -2.96. The van der Waals surface area contributed by atoms with Gasteiger partial charge in [-0.3, -0.25) is 9.79 Å². The maximum Gasteiger partial charge on any atom is 0.434 e. The maximum absolute atomic E-state index is 12.6. The summed E-state index contributed by atoms with van der Waals surface area (Å²) in [7, 11) is 1.58. The Labute approximate surface area is 164 Å². The van der Waals surface area contributed by atoms with Crippen LogP contribution < -0.4 is 15.5 Å². The largest absolute Gasteiger partial charge is 0.434 e. The number of benzene rings is 1. The molecule has 2 N–H and O–H groups in total. The Morgan fingerprint density at radius 1 is 1.25 bits per heavy atom. The van der Waals surface area contributed by atoms with E-state index in [4.69, 9.17) is 0 Å². The van der Waals surface area contributed by atoms with Crippen molar-refractivity contribution in [3.05, 3.63) is 45.9 Å². The highest BCUT2D eigenvalue weighted by atomic mass is 32.1. The fraction of sp³-hybridized carbons (Fsp3) is 0.389. The molecule has 0 aliphatic carbocycles. The molecule has 0 saturated carbocycles. The fourth-order valence-electron chi connectivity index (χ4n) is 2.80. The minimum atomic E-state index is -4.43. The lowest BCUT2D eigenvalue weighted by Gasteiger charge is -2.16. The maximum atomic E-state index is 12.6. The van der Waals surface area contributed by atoms with E-state index in [0.29, 0.717) is 23.9 Å². The molecule has 0 unspecified atom stereocenters. The molecule has 0 spiro atoms. The van der Waals surface area contributed by atoms with Crippen molar-refractivity contribution in [2.45, 2.75) is 32.1 Å². The number of carbonyl (C=O) groups is 1. The summed E-state index contributed by atoms with van der Waals surface area (Å²) < 4.78 is 37.8. The van der Waals surface area contributed by atoms with Gasteiger partial charge in [-0.1, -0.05) is 12.1 Å². The summed E-state index contributed by atoms with van der Waals surface area (Å²) in [4.78, 5) is 21.2. The average Bonchev–Trinajstić information content (AvgIpc) is 3.31. The Bertz CT molecular complexity index is 848. The van der Waals surface area contributed by atoms with Gasteiger partial charge in [0, 0.05) is 37.6 Å². The standard InChI is InChI=1S/C18H20F3N5OS/c1-22-17(24-10-15-25-14(11-28-15)18(19,20)21)23-9-12-4-6-13(7-5-12)26-8-2-3-16(26)27/h4-7,11H,2-3,8-10H2,1H3,(H2,22,23,24). The Kier molecular flexibility index (Phi) is 6.18. The minimum absolute atomic E-state index is 0.145. The van der Waals surface area contributed by atoms with Gasteiger partial charge in [-0.05, 0) is 24.1 Å². The smallest absolute Gasteiger partial charge is 0.352 e. The van der Waals surface area contributed by atoms with Crippen molar-refractivity contribution in [3.8, 4) is 0 Å². The van der Waals surface area contributed by atoms with Gasteiger partial charge in [0.15, 0.2) is 11.7 Å². The summed E-state index contributed by atoms with van der Waals surface area (Å²) >= 11 is 0.949. The van der Waals surface area contributed by atoms with E-state index in [9.17, 15) is 18.0 Å². The zero-order valence-electron chi connectivity index (χ0n) is 15.2. The quantitative estimate of drug-likeness (QED) is 0.586. The molecule has 1 aliphatic rings. The second-order valence-corrected chi connectivity index (χ2v) is 7.16. The highest BCUT2D eigenvalue weighted by Crippen LogP contribution is 2.29. The van der Waals surface area contributed by atoms with E-state index in [1.54, 1.807) is 11.9 Å². The fourth-order valence-corrected chi connectivity index (χ4v) is 3.54. The number of thiazole rings is 1. The van der Waals surface area contributed by atoms with E-state index in [1.165, 1.54) is 0 Å². The topological polar surface area (TPSA) is 69.6 Å². The first kappa shape index (κ1) is 20.1. The second-order valence-electron chi connectivity index (χ2n) is 6.22. The number of nitrogens with zero attached hydrogens (tertiary/aromatic N) is 3. The first-order chi connectivity index (χ1) is 13.4. The van der Waals surface area contributed by atoms with Gasteiger partial charge >= 0.3 is 6.18 Å². The Balaban J connectivity index is 1.50. The SMILES string of the molecule is CN=C(NCc1ccc(N2CCCC2=O)cc1)NCc1nc(C(F)(F)F)cs1. The predicted octanol–water partition coefficient (Wildman–Crippen LogP) is 3.15. The molecule has 1 aromatic heterocycles. The number of rotatable bonds is 5. The summed E-state index contributed by atoms with van der Waals surface area (Å²) in [5.41, 5.74) is 0.999. The highest BCUT2D eigenvalue weighted by molar-refractivity contribution is 7.09. The van der Waals surface area contributed by atoms with Crippen LogP contribution in [0, 0.1) is 0 Å². The zero-order chi connectivity index (χ0) is 20.1. The van der Waals surface area contributed by atoms with Crippen LogP contribution in [0.2, 0.25) is 0 Å². The number of alkyl halides is 3. The van der Waals surface area contributed by atoms with E-state index in [-0.39, 0.29) is 12.5 Å². The lowest BCUT2D eigenvalue weighted by Crippen LogP contribution is -2.36. The van der Waals surface area contributed by atoms with Crippen molar-refractivity contribution in [1.82, 2.24) is 15.6 Å². The molecular formula is C18H20F3N5OS. The third-order valence-corrected chi connectivity index (χ3v) is 5.10. The number of nitrogens with one attached hydrogen (secondary N) is 2. The summed E-state index contributed by atoms with van der Waals surface area (Å²) in [5, 5.41) is 7.38. The molecule has 0 radical (unpaired) electrons. The van der Waals surface area contributed by atoms with Crippen LogP contribution in [0.5, 0.6) is 0 Å². The van der Waals surface area contributed by atoms with Crippen LogP contribution in [-0.2, 0) is 24.1 Å². The van der Waals surface area contributed by atoms with Crippen molar-refractivity contribution in [2.75, 3.05) is 18.5 Å². The average molecular weight is 411 g/mol. The van der Waals surface area contributed by atoms with Gasteiger partial charge in [0.1, 0.15) is 5.01 Å². The van der Waals surface area contributed by atoms with Crippen LogP contribution in [0.25, 0.3) is 0 Å². The van der Waals surface area contributed by atoms with E-state index >= 15 is 0 Å².